The zero-order chi connectivity index (χ0) is 13.9. The monoisotopic (exact) mass is 270 g/mol. The van der Waals surface area contributed by atoms with Gasteiger partial charge in [0.15, 0.2) is 0 Å². The number of fused-ring (bicyclic) bond motifs is 1. The van der Waals surface area contributed by atoms with Crippen LogP contribution in [0.3, 0.4) is 0 Å². The van der Waals surface area contributed by atoms with Gasteiger partial charge in [0.1, 0.15) is 18.1 Å². The van der Waals surface area contributed by atoms with Crippen LogP contribution in [-0.2, 0) is 13.0 Å². The van der Waals surface area contributed by atoms with Gasteiger partial charge >= 0.3 is 0 Å². The maximum Gasteiger partial charge on any atom is 0.120 e. The number of aryl methyl sites for hydroxylation is 1. The van der Waals surface area contributed by atoms with Gasteiger partial charge in [-0.1, -0.05) is 18.2 Å². The highest BCUT2D eigenvalue weighted by molar-refractivity contribution is 5.38. The molecule has 1 aliphatic rings. The summed E-state index contributed by atoms with van der Waals surface area (Å²) in [6, 6.07) is 12.9. The van der Waals surface area contributed by atoms with Crippen LogP contribution < -0.4 is 4.74 Å². The number of ether oxygens (including phenoxy) is 1. The van der Waals surface area contributed by atoms with E-state index in [0.717, 1.165) is 36.1 Å². The highest BCUT2D eigenvalue weighted by Crippen LogP contribution is 2.32. The number of hydrogen-bond donors (Lipinski definition) is 2. The number of aliphatic hydroxyl groups is 1. The molecule has 3 rings (SSSR count). The van der Waals surface area contributed by atoms with Crippen LogP contribution >= 0.6 is 0 Å². The Hall–Kier alpha value is -2.00. The molecular weight excluding hydrogens is 252 g/mol. The minimum absolute atomic E-state index is 0.261. The lowest BCUT2D eigenvalue weighted by Gasteiger charge is -2.21. The highest BCUT2D eigenvalue weighted by Gasteiger charge is 2.18. The van der Waals surface area contributed by atoms with Crippen molar-refractivity contribution in [3.8, 4) is 11.5 Å². The van der Waals surface area contributed by atoms with Crippen LogP contribution in [-0.4, -0.2) is 10.2 Å². The lowest BCUT2D eigenvalue weighted by Crippen LogP contribution is -2.09. The van der Waals surface area contributed by atoms with Gasteiger partial charge in [0.25, 0.3) is 0 Å². The Kier molecular flexibility index (Phi) is 3.61. The molecule has 1 aliphatic carbocycles. The molecule has 1 unspecified atom stereocenters. The van der Waals surface area contributed by atoms with Crippen LogP contribution in [0, 0.1) is 0 Å². The van der Waals surface area contributed by atoms with E-state index in [1.165, 1.54) is 5.56 Å². The van der Waals surface area contributed by atoms with E-state index in [1.807, 2.05) is 30.3 Å². The minimum Gasteiger partial charge on any atom is -0.508 e. The second kappa shape index (κ2) is 5.55. The third-order valence-electron chi connectivity index (χ3n) is 3.74. The minimum atomic E-state index is -0.329. The van der Waals surface area contributed by atoms with Crippen molar-refractivity contribution in [2.75, 3.05) is 0 Å². The Morgan fingerprint density at radius 1 is 1.10 bits per heavy atom. The van der Waals surface area contributed by atoms with E-state index in [1.54, 1.807) is 12.1 Å². The molecule has 2 aromatic carbocycles. The first-order valence-corrected chi connectivity index (χ1v) is 6.94. The summed E-state index contributed by atoms with van der Waals surface area (Å²) in [4.78, 5) is 0. The summed E-state index contributed by atoms with van der Waals surface area (Å²) in [5.41, 5.74) is 3.24. The molecule has 0 saturated carbocycles. The molecule has 3 heteroatoms. The first-order chi connectivity index (χ1) is 9.72. The summed E-state index contributed by atoms with van der Waals surface area (Å²) < 4.78 is 5.77. The van der Waals surface area contributed by atoms with Gasteiger partial charge in [0.05, 0.1) is 6.10 Å². The Balaban J connectivity index is 1.70. The largest absolute Gasteiger partial charge is 0.508 e. The van der Waals surface area contributed by atoms with Crippen LogP contribution in [0.15, 0.2) is 42.5 Å². The second-order valence-corrected chi connectivity index (χ2v) is 5.22. The predicted molar refractivity (Wildman–Crippen MR) is 76.8 cm³/mol. The van der Waals surface area contributed by atoms with E-state index in [9.17, 15) is 10.2 Å². The van der Waals surface area contributed by atoms with Crippen LogP contribution in [0.4, 0.5) is 0 Å². The summed E-state index contributed by atoms with van der Waals surface area (Å²) in [5, 5.41) is 19.2. The van der Waals surface area contributed by atoms with Crippen LogP contribution in [0.2, 0.25) is 0 Å². The summed E-state index contributed by atoms with van der Waals surface area (Å²) >= 11 is 0. The van der Waals surface area contributed by atoms with E-state index >= 15 is 0 Å². The average Bonchev–Trinajstić information content (AvgIpc) is 2.47. The molecule has 0 aliphatic heterocycles. The number of phenols is 1. The Labute approximate surface area is 118 Å². The Morgan fingerprint density at radius 2 is 1.90 bits per heavy atom. The maximum atomic E-state index is 9.92. The Bertz CT molecular complexity index is 590. The van der Waals surface area contributed by atoms with E-state index in [2.05, 4.69) is 0 Å². The van der Waals surface area contributed by atoms with Gasteiger partial charge in [-0.15, -0.1) is 0 Å². The molecule has 3 nitrogen and oxygen atoms in total. The fourth-order valence-electron chi connectivity index (χ4n) is 2.61. The van der Waals surface area contributed by atoms with Gasteiger partial charge in [-0.25, -0.2) is 0 Å². The smallest absolute Gasteiger partial charge is 0.120 e. The zero-order valence-electron chi connectivity index (χ0n) is 11.2. The van der Waals surface area contributed by atoms with Crippen molar-refractivity contribution in [1.29, 1.82) is 0 Å². The van der Waals surface area contributed by atoms with Crippen molar-refractivity contribution in [2.24, 2.45) is 0 Å². The molecule has 1 atom stereocenters. The van der Waals surface area contributed by atoms with Gasteiger partial charge in [0.2, 0.25) is 0 Å². The van der Waals surface area contributed by atoms with E-state index in [4.69, 9.17) is 4.74 Å². The fourth-order valence-corrected chi connectivity index (χ4v) is 2.61. The number of phenolic OH excluding ortho intramolecular Hbond substituents is 1. The van der Waals surface area contributed by atoms with Crippen molar-refractivity contribution >= 4 is 0 Å². The standard InChI is InChI=1S/C17H18O3/c18-14-6-4-12(5-7-14)11-20-15-8-9-16-13(10-15)2-1-3-17(16)19/h4-10,17-19H,1-3,11H2. The van der Waals surface area contributed by atoms with Crippen molar-refractivity contribution < 1.29 is 14.9 Å². The molecule has 104 valence electrons. The van der Waals surface area contributed by atoms with Gasteiger partial charge in [-0.2, -0.15) is 0 Å². The molecule has 0 aromatic heterocycles. The second-order valence-electron chi connectivity index (χ2n) is 5.22. The number of aromatic hydroxyl groups is 1. The molecule has 0 heterocycles. The van der Waals surface area contributed by atoms with Crippen LogP contribution in [0.5, 0.6) is 11.5 Å². The number of aliphatic hydroxyl groups excluding tert-OH is 1. The third kappa shape index (κ3) is 2.78. The molecule has 20 heavy (non-hydrogen) atoms. The summed E-state index contributed by atoms with van der Waals surface area (Å²) in [5.74, 6) is 1.09. The van der Waals surface area contributed by atoms with Crippen LogP contribution in [0.25, 0.3) is 0 Å². The SMILES string of the molecule is Oc1ccc(COc2ccc3c(c2)CCCC3O)cc1. The van der Waals surface area contributed by atoms with Crippen molar-refractivity contribution in [3.63, 3.8) is 0 Å². The third-order valence-corrected chi connectivity index (χ3v) is 3.74. The Morgan fingerprint density at radius 3 is 2.70 bits per heavy atom. The quantitative estimate of drug-likeness (QED) is 0.899. The van der Waals surface area contributed by atoms with Crippen LogP contribution in [0.1, 0.15) is 35.6 Å². The van der Waals surface area contributed by atoms with Crippen molar-refractivity contribution in [2.45, 2.75) is 32.0 Å². The van der Waals surface area contributed by atoms with E-state index < -0.39 is 0 Å². The molecule has 0 bridgehead atoms. The molecule has 0 amide bonds. The lowest BCUT2D eigenvalue weighted by molar-refractivity contribution is 0.156. The van der Waals surface area contributed by atoms with Gasteiger partial charge in [0, 0.05) is 0 Å². The summed E-state index contributed by atoms with van der Waals surface area (Å²) in [6.45, 7) is 0.474. The number of benzene rings is 2. The lowest BCUT2D eigenvalue weighted by atomic mass is 9.89. The fraction of sp³-hybridized carbons (Fsp3) is 0.294. The molecule has 2 aromatic rings. The topological polar surface area (TPSA) is 49.7 Å². The number of rotatable bonds is 3. The average molecular weight is 270 g/mol. The van der Waals surface area contributed by atoms with E-state index in [-0.39, 0.29) is 11.9 Å². The zero-order valence-corrected chi connectivity index (χ0v) is 11.2. The molecular formula is C17H18O3. The highest BCUT2D eigenvalue weighted by atomic mass is 16.5. The maximum absolute atomic E-state index is 9.92. The molecule has 2 N–H and O–H groups in total. The number of hydrogen-bond acceptors (Lipinski definition) is 3. The summed E-state index contributed by atoms with van der Waals surface area (Å²) in [7, 11) is 0. The van der Waals surface area contributed by atoms with Crippen molar-refractivity contribution in [3.05, 3.63) is 59.2 Å². The van der Waals surface area contributed by atoms with E-state index in [0.29, 0.717) is 6.61 Å². The molecule has 0 spiro atoms. The van der Waals surface area contributed by atoms with Gasteiger partial charge < -0.3 is 14.9 Å². The molecule has 0 radical (unpaired) electrons. The molecule has 0 fully saturated rings. The van der Waals surface area contributed by atoms with Gasteiger partial charge in [-0.3, -0.25) is 0 Å². The first-order valence-electron chi connectivity index (χ1n) is 6.94. The van der Waals surface area contributed by atoms with Crippen molar-refractivity contribution in [1.82, 2.24) is 0 Å². The van der Waals surface area contributed by atoms with Gasteiger partial charge in [-0.05, 0) is 60.2 Å². The predicted octanol–water partition coefficient (Wildman–Crippen LogP) is 3.34. The molecule has 0 saturated heterocycles. The summed E-state index contributed by atoms with van der Waals surface area (Å²) in [6.07, 6.45) is 2.55. The first kappa shape index (κ1) is 13.0. The normalized spacial score (nSPS) is 17.6.